The molecule has 0 saturated carbocycles. The third kappa shape index (κ3) is 2.50. The van der Waals surface area contributed by atoms with Gasteiger partial charge in [-0.15, -0.1) is 0 Å². The summed E-state index contributed by atoms with van der Waals surface area (Å²) in [5.41, 5.74) is 1.17. The van der Waals surface area contributed by atoms with E-state index in [4.69, 9.17) is 0 Å². The minimum absolute atomic E-state index is 0. The van der Waals surface area contributed by atoms with Crippen LogP contribution in [-0.2, 0) is 0 Å². The molecule has 0 bridgehead atoms. The normalized spacial score (nSPS) is 7.56. The maximum atomic E-state index is 3.63. The molecule has 9 heavy (non-hydrogen) atoms. The van der Waals surface area contributed by atoms with Crippen molar-refractivity contribution in [3.63, 3.8) is 0 Å². The molecule has 0 N–H and O–H groups in total. The van der Waals surface area contributed by atoms with Crippen molar-refractivity contribution in [1.29, 1.82) is 0 Å². The number of hydrogen-bond donors (Lipinski definition) is 0. The van der Waals surface area contributed by atoms with Gasteiger partial charge >= 0.3 is 17.1 Å². The van der Waals surface area contributed by atoms with Crippen LogP contribution in [0.2, 0.25) is 0 Å². The first-order chi connectivity index (χ1) is 3.93. The van der Waals surface area contributed by atoms with Crippen molar-refractivity contribution in [3.8, 4) is 0 Å². The number of benzene rings is 1. The van der Waals surface area contributed by atoms with Gasteiger partial charge < -0.3 is 0 Å². The molecule has 0 aliphatic rings. The molecule has 0 aromatic heterocycles. The van der Waals surface area contributed by atoms with E-state index in [2.05, 4.69) is 6.58 Å². The summed E-state index contributed by atoms with van der Waals surface area (Å²) < 4.78 is 0. The van der Waals surface area contributed by atoms with Crippen molar-refractivity contribution in [1.82, 2.24) is 0 Å². The van der Waals surface area contributed by atoms with E-state index in [0.717, 1.165) is 0 Å². The molecule has 0 atom stereocenters. The van der Waals surface area contributed by atoms with Crippen LogP contribution in [0.25, 0.3) is 6.08 Å². The Morgan fingerprint density at radius 3 is 2.00 bits per heavy atom. The summed E-state index contributed by atoms with van der Waals surface area (Å²) in [5, 5.41) is 0. The maximum absolute atomic E-state index is 3.63. The van der Waals surface area contributed by atoms with Gasteiger partial charge in [-0.2, -0.15) is 0 Å². The van der Waals surface area contributed by atoms with Gasteiger partial charge in [-0.05, 0) is 5.56 Å². The van der Waals surface area contributed by atoms with E-state index < -0.39 is 0 Å². The summed E-state index contributed by atoms with van der Waals surface area (Å²) in [6.07, 6.45) is 1.83. The van der Waals surface area contributed by atoms with Gasteiger partial charge in [-0.3, -0.25) is 0 Å². The summed E-state index contributed by atoms with van der Waals surface area (Å²) in [6.45, 7) is 3.63. The molecule has 0 aliphatic carbocycles. The fourth-order valence-electron chi connectivity index (χ4n) is 0.589. The predicted molar refractivity (Wildman–Crippen MR) is 45.1 cm³/mol. The SMILES string of the molecule is C=Cc1ccccc1.[SeH2]. The van der Waals surface area contributed by atoms with Crippen LogP contribution in [0.3, 0.4) is 0 Å². The zero-order valence-electron chi connectivity index (χ0n) is 5.17. The van der Waals surface area contributed by atoms with Crippen molar-refractivity contribution in [3.05, 3.63) is 42.5 Å². The first-order valence-electron chi connectivity index (χ1n) is 2.61. The molecule has 0 aliphatic heterocycles. The Labute approximate surface area is 66.1 Å². The van der Waals surface area contributed by atoms with E-state index in [9.17, 15) is 0 Å². The van der Waals surface area contributed by atoms with Crippen LogP contribution >= 0.6 is 0 Å². The molecule has 48 valence electrons. The Hall–Kier alpha value is -0.521. The Morgan fingerprint density at radius 2 is 1.67 bits per heavy atom. The van der Waals surface area contributed by atoms with Gasteiger partial charge in [-0.25, -0.2) is 0 Å². The fraction of sp³-hybridized carbons (Fsp3) is 0. The average Bonchev–Trinajstić information content (AvgIpc) is 1.90. The molecule has 1 aromatic carbocycles. The molecule has 0 spiro atoms. The minimum atomic E-state index is 0. The molecule has 1 heteroatoms. The first-order valence-corrected chi connectivity index (χ1v) is 2.61. The molecule has 1 rings (SSSR count). The van der Waals surface area contributed by atoms with E-state index in [1.807, 2.05) is 36.4 Å². The van der Waals surface area contributed by atoms with Gasteiger partial charge in [0.05, 0.1) is 0 Å². The number of rotatable bonds is 1. The summed E-state index contributed by atoms with van der Waals surface area (Å²) in [6, 6.07) is 10.0. The molecule has 0 unspecified atom stereocenters. The van der Waals surface area contributed by atoms with Crippen LogP contribution in [-0.4, -0.2) is 17.1 Å². The second-order valence-electron chi connectivity index (χ2n) is 1.61. The second-order valence-corrected chi connectivity index (χ2v) is 1.61. The van der Waals surface area contributed by atoms with E-state index in [1.165, 1.54) is 5.56 Å². The summed E-state index contributed by atoms with van der Waals surface area (Å²) in [7, 11) is 0. The van der Waals surface area contributed by atoms with Crippen LogP contribution < -0.4 is 0 Å². The van der Waals surface area contributed by atoms with E-state index >= 15 is 0 Å². The fourth-order valence-corrected chi connectivity index (χ4v) is 0.589. The van der Waals surface area contributed by atoms with Crippen LogP contribution in [0.15, 0.2) is 36.9 Å². The Balaban J connectivity index is 0.000000640. The van der Waals surface area contributed by atoms with Crippen molar-refractivity contribution in [2.75, 3.05) is 0 Å². The average molecular weight is 185 g/mol. The van der Waals surface area contributed by atoms with Crippen molar-refractivity contribution < 1.29 is 0 Å². The van der Waals surface area contributed by atoms with Crippen LogP contribution in [0.5, 0.6) is 0 Å². The number of hydrogen-bond acceptors (Lipinski definition) is 0. The summed E-state index contributed by atoms with van der Waals surface area (Å²) >= 11 is 0. The van der Waals surface area contributed by atoms with Crippen molar-refractivity contribution >= 4 is 23.1 Å². The summed E-state index contributed by atoms with van der Waals surface area (Å²) in [5.74, 6) is 0. The molecule has 0 radical (unpaired) electrons. The van der Waals surface area contributed by atoms with Gasteiger partial charge in [0.25, 0.3) is 0 Å². The van der Waals surface area contributed by atoms with Gasteiger partial charge in [0.15, 0.2) is 0 Å². The third-order valence-electron chi connectivity index (χ3n) is 1.04. The zero-order chi connectivity index (χ0) is 5.82. The van der Waals surface area contributed by atoms with E-state index in [0.29, 0.717) is 0 Å². The standard InChI is InChI=1S/C8H8.H2Se/c1-2-8-6-4-3-5-7-8;/h2-7H,1H2;1H2. The molecule has 1 aromatic rings. The topological polar surface area (TPSA) is 0 Å². The van der Waals surface area contributed by atoms with E-state index in [1.54, 1.807) is 0 Å². The Bertz CT molecular complexity index is 167. The molecule has 0 nitrogen and oxygen atoms in total. The van der Waals surface area contributed by atoms with Crippen molar-refractivity contribution in [2.24, 2.45) is 0 Å². The van der Waals surface area contributed by atoms with Crippen molar-refractivity contribution in [2.45, 2.75) is 0 Å². The molecular weight excluding hydrogens is 175 g/mol. The Kier molecular flexibility index (Phi) is 4.11. The zero-order valence-corrected chi connectivity index (χ0v) is 7.27. The molecule has 0 heterocycles. The quantitative estimate of drug-likeness (QED) is 0.580. The molecular formula is C8H10Se. The van der Waals surface area contributed by atoms with E-state index in [-0.39, 0.29) is 17.1 Å². The van der Waals surface area contributed by atoms with Gasteiger partial charge in [0.2, 0.25) is 0 Å². The van der Waals surface area contributed by atoms with Gasteiger partial charge in [-0.1, -0.05) is 43.0 Å². The molecule has 0 saturated heterocycles. The van der Waals surface area contributed by atoms with Crippen LogP contribution in [0, 0.1) is 0 Å². The van der Waals surface area contributed by atoms with Gasteiger partial charge in [0.1, 0.15) is 0 Å². The first kappa shape index (κ1) is 8.48. The Morgan fingerprint density at radius 1 is 1.11 bits per heavy atom. The van der Waals surface area contributed by atoms with Crippen LogP contribution in [0.4, 0.5) is 0 Å². The summed E-state index contributed by atoms with van der Waals surface area (Å²) in [4.78, 5) is 0. The predicted octanol–water partition coefficient (Wildman–Crippen LogP) is 1.41. The monoisotopic (exact) mass is 186 g/mol. The molecule has 0 fully saturated rings. The second kappa shape index (κ2) is 4.37. The third-order valence-corrected chi connectivity index (χ3v) is 1.04. The molecule has 0 amide bonds. The van der Waals surface area contributed by atoms with Crippen LogP contribution in [0.1, 0.15) is 5.56 Å². The van der Waals surface area contributed by atoms with Gasteiger partial charge in [0, 0.05) is 0 Å².